The number of hydrogen-bond donors (Lipinski definition) is 1. The van der Waals surface area contributed by atoms with Gasteiger partial charge in [0.15, 0.2) is 5.76 Å². The van der Waals surface area contributed by atoms with Crippen molar-refractivity contribution < 1.29 is 67.9 Å². The van der Waals surface area contributed by atoms with Crippen molar-refractivity contribution in [2.24, 2.45) is 5.16 Å². The zero-order valence-electron chi connectivity index (χ0n) is 17.4. The molecule has 1 aromatic rings. The zero-order chi connectivity index (χ0) is 23.4. The molecule has 1 saturated heterocycles. The molecule has 3 rings (SSSR count). The number of oxime groups is 1. The number of amides is 2. The van der Waals surface area contributed by atoms with Gasteiger partial charge >= 0.3 is 29.6 Å². The molecule has 0 spiro atoms. The van der Waals surface area contributed by atoms with Gasteiger partial charge in [-0.25, -0.2) is 0 Å². The van der Waals surface area contributed by atoms with Crippen molar-refractivity contribution >= 4 is 69.5 Å². The van der Waals surface area contributed by atoms with Gasteiger partial charge in [0.2, 0.25) is 11.5 Å². The van der Waals surface area contributed by atoms with E-state index in [2.05, 4.69) is 15.3 Å². The van der Waals surface area contributed by atoms with Crippen molar-refractivity contribution in [3.05, 3.63) is 35.4 Å². The van der Waals surface area contributed by atoms with E-state index in [1.54, 1.807) is 6.07 Å². The summed E-state index contributed by atoms with van der Waals surface area (Å²) in [6.45, 7) is 0. The van der Waals surface area contributed by atoms with Crippen molar-refractivity contribution in [2.75, 3.05) is 24.5 Å². The summed E-state index contributed by atoms with van der Waals surface area (Å²) in [7, 11) is 1.13. The summed E-state index contributed by atoms with van der Waals surface area (Å²) >= 11 is 7.48. The minimum Gasteiger partial charge on any atom is -0.543 e. The van der Waals surface area contributed by atoms with Crippen molar-refractivity contribution in [2.45, 2.75) is 11.4 Å². The number of carbonyl (C=O) groups excluding carboxylic acids is 5. The summed E-state index contributed by atoms with van der Waals surface area (Å²) in [5.74, 6) is -4.26. The number of hydrogen-bond acceptors (Lipinski definition) is 11. The zero-order valence-corrected chi connectivity index (χ0v) is 21.8. The third-order valence-electron chi connectivity index (χ3n) is 4.41. The van der Waals surface area contributed by atoms with Crippen LogP contribution in [0.1, 0.15) is 10.6 Å². The average molecular weight is 524 g/mol. The number of halogens is 1. The maximum atomic E-state index is 12.6. The molecule has 1 N–H and O–H groups in total. The van der Waals surface area contributed by atoms with Crippen LogP contribution in [0, 0.1) is 0 Å². The number of nitrogens with one attached hydrogen (secondary N) is 1. The second kappa shape index (κ2) is 12.1. The molecule has 0 radical (unpaired) electrons. The first kappa shape index (κ1) is 27.5. The predicted molar refractivity (Wildman–Crippen MR) is 113 cm³/mol. The van der Waals surface area contributed by atoms with Crippen molar-refractivity contribution in [1.82, 2.24) is 10.2 Å². The molecule has 0 unspecified atom stereocenters. The van der Waals surface area contributed by atoms with Crippen LogP contribution in [-0.2, 0) is 24.0 Å². The maximum absolute atomic E-state index is 12.6. The van der Waals surface area contributed by atoms with Gasteiger partial charge in [0.1, 0.15) is 18.5 Å². The Labute approximate surface area is 222 Å². The molecular formula is C18H15ClN3NaO8S2. The van der Waals surface area contributed by atoms with Gasteiger partial charge in [-0.05, 0) is 17.7 Å². The summed E-state index contributed by atoms with van der Waals surface area (Å²) in [4.78, 5) is 66.1. The van der Waals surface area contributed by atoms with Gasteiger partial charge < -0.3 is 24.5 Å². The molecule has 11 nitrogen and oxygen atoms in total. The standard InChI is InChI=1S/C18H16ClN3O8S2.Na/c1-29-21-11(9(23)5-19)14(24)20-12-15(25)22-13(17(26)27)8(6-31-16(12)22)7-32-18(28)10-3-2-4-30-10;/h2-4,12,16H,5-7H2,1H3,(H,20,24)(H,26,27);/q;+1/p-1/b21-11-;/t12-,16-;/m1./s1. The van der Waals surface area contributed by atoms with Crippen LogP contribution in [0.3, 0.4) is 0 Å². The number of fused-ring (bicyclic) bond motifs is 1. The quantitative estimate of drug-likeness (QED) is 0.0854. The molecular weight excluding hydrogens is 509 g/mol. The summed E-state index contributed by atoms with van der Waals surface area (Å²) < 4.78 is 5.01. The third kappa shape index (κ3) is 5.84. The van der Waals surface area contributed by atoms with Crippen LogP contribution < -0.4 is 40.0 Å². The fourth-order valence-electron chi connectivity index (χ4n) is 2.98. The minimum absolute atomic E-state index is 0. The number of alkyl halides is 1. The topological polar surface area (TPSA) is 158 Å². The number of aliphatic carboxylic acids is 1. The molecule has 2 atom stereocenters. The monoisotopic (exact) mass is 523 g/mol. The Balaban J connectivity index is 0.00000385. The smallest absolute Gasteiger partial charge is 0.543 e. The van der Waals surface area contributed by atoms with Crippen molar-refractivity contribution in [1.29, 1.82) is 0 Å². The number of carboxylic acid groups (broad SMARTS) is 1. The Morgan fingerprint density at radius 3 is 2.73 bits per heavy atom. The number of carbonyl (C=O) groups is 5. The van der Waals surface area contributed by atoms with Crippen molar-refractivity contribution in [3.8, 4) is 0 Å². The van der Waals surface area contributed by atoms with Crippen molar-refractivity contribution in [3.63, 3.8) is 0 Å². The van der Waals surface area contributed by atoms with E-state index in [1.807, 2.05) is 0 Å². The van der Waals surface area contributed by atoms with Crippen LogP contribution >= 0.6 is 35.1 Å². The summed E-state index contributed by atoms with van der Waals surface area (Å²) in [5.41, 5.74) is -0.626. The van der Waals surface area contributed by atoms with E-state index in [0.717, 1.165) is 23.8 Å². The van der Waals surface area contributed by atoms with Crippen LogP contribution in [0.15, 0.2) is 39.2 Å². The normalized spacial score (nSPS) is 19.8. The minimum atomic E-state index is -1.58. The molecule has 1 aromatic heterocycles. The van der Waals surface area contributed by atoms with Crippen LogP contribution in [0.5, 0.6) is 0 Å². The van der Waals surface area contributed by atoms with E-state index >= 15 is 0 Å². The molecule has 0 aromatic carbocycles. The second-order valence-electron chi connectivity index (χ2n) is 6.33. The Kier molecular flexibility index (Phi) is 10.1. The van der Waals surface area contributed by atoms with E-state index in [-0.39, 0.29) is 57.6 Å². The van der Waals surface area contributed by atoms with Gasteiger partial charge in [0, 0.05) is 11.5 Å². The second-order valence-corrected chi connectivity index (χ2v) is 8.65. The van der Waals surface area contributed by atoms with Crippen LogP contribution in [0.25, 0.3) is 0 Å². The molecule has 0 aliphatic carbocycles. The van der Waals surface area contributed by atoms with Gasteiger partial charge in [0.25, 0.3) is 16.9 Å². The Bertz CT molecular complexity index is 1030. The SMILES string of the molecule is CO/N=C(/C(=O)CCl)C(=O)N[C@@H]1C(=O)N2C(C(=O)[O-])=C(CSC(=O)c3ccco3)CS[C@H]12.[Na+]. The summed E-state index contributed by atoms with van der Waals surface area (Å²) in [5, 5.41) is 16.3. The van der Waals surface area contributed by atoms with Crippen LogP contribution in [0.4, 0.5) is 0 Å². The van der Waals surface area contributed by atoms with Crippen LogP contribution in [0.2, 0.25) is 0 Å². The Morgan fingerprint density at radius 1 is 1.42 bits per heavy atom. The van der Waals surface area contributed by atoms with Gasteiger partial charge in [-0.2, -0.15) is 0 Å². The molecule has 0 bridgehead atoms. The molecule has 2 amide bonds. The molecule has 2 aliphatic heterocycles. The number of carboxylic acids is 1. The number of ketones is 1. The molecule has 170 valence electrons. The number of Topliss-reactive ketones (excluding diaryl/α,β-unsaturated/α-hetero) is 1. The van der Waals surface area contributed by atoms with Gasteiger partial charge in [-0.1, -0.05) is 16.9 Å². The molecule has 3 heterocycles. The first-order chi connectivity index (χ1) is 15.3. The van der Waals surface area contributed by atoms with E-state index in [1.165, 1.54) is 24.1 Å². The van der Waals surface area contributed by atoms with Gasteiger partial charge in [0.05, 0.1) is 23.8 Å². The van der Waals surface area contributed by atoms with E-state index in [9.17, 15) is 29.1 Å². The number of rotatable bonds is 9. The molecule has 1 fully saturated rings. The Morgan fingerprint density at radius 2 is 2.15 bits per heavy atom. The molecule has 2 aliphatic rings. The molecule has 0 saturated carbocycles. The summed E-state index contributed by atoms with van der Waals surface area (Å²) in [6, 6.07) is 1.94. The Hall–Kier alpha value is -1.77. The fourth-order valence-corrected chi connectivity index (χ4v) is 5.39. The number of thioether (sulfide) groups is 2. The number of β-lactam (4-membered cyclic amide) rings is 1. The number of nitrogens with zero attached hydrogens (tertiary/aromatic N) is 2. The first-order valence-corrected chi connectivity index (χ1v) is 11.5. The fraction of sp³-hybridized carbons (Fsp3) is 0.333. The average Bonchev–Trinajstić information content (AvgIpc) is 3.33. The molecule has 15 heteroatoms. The van der Waals surface area contributed by atoms with E-state index in [0.29, 0.717) is 5.57 Å². The maximum Gasteiger partial charge on any atom is 1.00 e. The van der Waals surface area contributed by atoms with E-state index in [4.69, 9.17) is 16.0 Å². The largest absolute Gasteiger partial charge is 1.00 e. The van der Waals surface area contributed by atoms with Crippen LogP contribution in [-0.4, -0.2) is 75.2 Å². The first-order valence-electron chi connectivity index (χ1n) is 8.90. The van der Waals surface area contributed by atoms with E-state index < -0.39 is 46.6 Å². The van der Waals surface area contributed by atoms with Gasteiger partial charge in [-0.3, -0.25) is 24.1 Å². The third-order valence-corrected chi connectivity index (χ3v) is 6.95. The molecule has 33 heavy (non-hydrogen) atoms. The number of furan rings is 1. The predicted octanol–water partition coefficient (Wildman–Crippen LogP) is -3.63. The summed E-state index contributed by atoms with van der Waals surface area (Å²) in [6.07, 6.45) is 1.34. The van der Waals surface area contributed by atoms with Gasteiger partial charge in [-0.15, -0.1) is 23.4 Å².